The highest BCUT2D eigenvalue weighted by Gasteiger charge is 2.26. The molecule has 0 fully saturated rings. The third-order valence-corrected chi connectivity index (χ3v) is 8.25. The Balaban J connectivity index is 1.54. The van der Waals surface area contributed by atoms with Gasteiger partial charge >= 0.3 is 0 Å². The van der Waals surface area contributed by atoms with Crippen LogP contribution in [0.2, 0.25) is 0 Å². The summed E-state index contributed by atoms with van der Waals surface area (Å²) in [6, 6.07) is 28.2. The maximum absolute atomic E-state index is 5.35. The number of nitrogens with zero attached hydrogens (tertiary/aromatic N) is 10. The van der Waals surface area contributed by atoms with Crippen molar-refractivity contribution in [2.24, 2.45) is 0 Å². The van der Waals surface area contributed by atoms with Crippen LogP contribution in [0.15, 0.2) is 122 Å². The molecule has 0 aromatic carbocycles. The molecule has 0 saturated heterocycles. The molecule has 7 rings (SSSR count). The second kappa shape index (κ2) is 14.1. The second-order valence-corrected chi connectivity index (χ2v) is 12.7. The van der Waals surface area contributed by atoms with E-state index in [2.05, 4.69) is 0 Å². The lowest BCUT2D eigenvalue weighted by Crippen LogP contribution is -2.20. The van der Waals surface area contributed by atoms with Crippen molar-refractivity contribution in [1.82, 2.24) is 34.9 Å². The average Bonchev–Trinajstić information content (AvgIpc) is 3.13. The predicted molar refractivity (Wildman–Crippen MR) is 203 cm³/mol. The van der Waals surface area contributed by atoms with Crippen LogP contribution < -0.4 is 14.7 Å². The zero-order valence-corrected chi connectivity index (χ0v) is 29.5. The van der Waals surface area contributed by atoms with Gasteiger partial charge in [0, 0.05) is 49.3 Å². The molecule has 0 unspecified atom stereocenters. The van der Waals surface area contributed by atoms with E-state index in [1.807, 2.05) is 178 Å². The predicted octanol–water partition coefficient (Wildman–Crippen LogP) is 9.71. The molecule has 0 amide bonds. The van der Waals surface area contributed by atoms with Gasteiger partial charge in [0.1, 0.15) is 46.5 Å². The van der Waals surface area contributed by atoms with E-state index < -0.39 is 0 Å². The zero-order chi connectivity index (χ0) is 35.5. The average molecular weight is 671 g/mol. The van der Waals surface area contributed by atoms with E-state index in [1.54, 1.807) is 0 Å². The fraction of sp³-hybridized carbons (Fsp3) is 0.146. The number of rotatable bonds is 9. The van der Waals surface area contributed by atoms with Crippen molar-refractivity contribution in [1.29, 1.82) is 0 Å². The molecular formula is C41H38N10. The maximum atomic E-state index is 5.35. The molecule has 0 bridgehead atoms. The largest absolute Gasteiger partial charge is 0.279 e. The SMILES string of the molecule is Cc1ccc(N(c2cc(N(c3ccc(C)cn3)c3ccc(C)cn3)nc(N(c3ccc(C)cn3)c3ccc(C)cn3)c2)c2ccc(C)cn2)nc1. The van der Waals surface area contributed by atoms with Crippen LogP contribution in [0.5, 0.6) is 0 Å². The molecular weight excluding hydrogens is 633 g/mol. The fourth-order valence-electron chi connectivity index (χ4n) is 5.49. The summed E-state index contributed by atoms with van der Waals surface area (Å²) in [6.45, 7) is 12.1. The molecule has 252 valence electrons. The molecule has 0 aliphatic carbocycles. The van der Waals surface area contributed by atoms with Crippen LogP contribution in [0.4, 0.5) is 52.2 Å². The van der Waals surface area contributed by atoms with Gasteiger partial charge in [0.15, 0.2) is 0 Å². The van der Waals surface area contributed by atoms with Crippen molar-refractivity contribution in [3.8, 4) is 0 Å². The zero-order valence-electron chi connectivity index (χ0n) is 29.5. The van der Waals surface area contributed by atoms with Crippen molar-refractivity contribution in [3.05, 3.63) is 155 Å². The molecule has 7 aromatic rings. The molecule has 7 heterocycles. The van der Waals surface area contributed by atoms with Crippen LogP contribution in [0, 0.1) is 41.5 Å². The molecule has 0 N–H and O–H groups in total. The number of hydrogen-bond donors (Lipinski definition) is 0. The number of hydrogen-bond acceptors (Lipinski definition) is 10. The molecule has 0 radical (unpaired) electrons. The van der Waals surface area contributed by atoms with E-state index in [1.165, 1.54) is 0 Å². The molecule has 0 spiro atoms. The summed E-state index contributed by atoms with van der Waals surface area (Å²) in [5.41, 5.74) is 7.04. The first-order chi connectivity index (χ1) is 24.7. The van der Waals surface area contributed by atoms with E-state index >= 15 is 0 Å². The number of aromatic nitrogens is 7. The van der Waals surface area contributed by atoms with Crippen LogP contribution in [0.25, 0.3) is 0 Å². The van der Waals surface area contributed by atoms with Crippen LogP contribution in [-0.2, 0) is 0 Å². The molecule has 0 aliphatic rings. The van der Waals surface area contributed by atoms with Crippen LogP contribution in [-0.4, -0.2) is 34.9 Å². The minimum Gasteiger partial charge on any atom is -0.279 e. The molecule has 0 aliphatic heterocycles. The van der Waals surface area contributed by atoms with Gasteiger partial charge < -0.3 is 0 Å². The van der Waals surface area contributed by atoms with Gasteiger partial charge in [0.2, 0.25) is 0 Å². The van der Waals surface area contributed by atoms with E-state index in [0.29, 0.717) is 46.5 Å². The van der Waals surface area contributed by atoms with E-state index in [9.17, 15) is 0 Å². The first-order valence-corrected chi connectivity index (χ1v) is 16.7. The normalized spacial score (nSPS) is 10.9. The summed E-state index contributed by atoms with van der Waals surface area (Å²) in [5, 5.41) is 0. The molecule has 10 nitrogen and oxygen atoms in total. The molecule has 7 aromatic heterocycles. The third kappa shape index (κ3) is 7.25. The Morgan fingerprint density at radius 1 is 0.294 bits per heavy atom. The summed E-state index contributed by atoms with van der Waals surface area (Å²) in [4.78, 5) is 40.4. The van der Waals surface area contributed by atoms with Gasteiger partial charge in [-0.25, -0.2) is 34.9 Å². The third-order valence-electron chi connectivity index (χ3n) is 8.25. The van der Waals surface area contributed by atoms with Gasteiger partial charge in [-0.15, -0.1) is 0 Å². The monoisotopic (exact) mass is 670 g/mol. The quantitative estimate of drug-likeness (QED) is 0.148. The minimum atomic E-state index is 0.573. The Morgan fingerprint density at radius 3 is 0.745 bits per heavy atom. The Bertz CT molecular complexity index is 1830. The lowest BCUT2D eigenvalue weighted by Gasteiger charge is -2.29. The first kappa shape index (κ1) is 33.0. The van der Waals surface area contributed by atoms with Gasteiger partial charge in [0.25, 0.3) is 0 Å². The molecule has 0 saturated carbocycles. The highest BCUT2D eigenvalue weighted by molar-refractivity contribution is 5.82. The maximum Gasteiger partial charge on any atom is 0.144 e. The van der Waals surface area contributed by atoms with Gasteiger partial charge in [-0.05, 0) is 111 Å². The van der Waals surface area contributed by atoms with Gasteiger partial charge in [-0.2, -0.15) is 0 Å². The van der Waals surface area contributed by atoms with Crippen molar-refractivity contribution in [2.45, 2.75) is 41.5 Å². The van der Waals surface area contributed by atoms with E-state index in [-0.39, 0.29) is 0 Å². The highest BCUT2D eigenvalue weighted by Crippen LogP contribution is 2.42. The lowest BCUT2D eigenvalue weighted by atomic mass is 10.2. The van der Waals surface area contributed by atoms with Gasteiger partial charge in [-0.1, -0.05) is 36.4 Å². The second-order valence-electron chi connectivity index (χ2n) is 12.7. The summed E-state index contributed by atoms with van der Waals surface area (Å²) in [5.74, 6) is 5.18. The Kier molecular flexibility index (Phi) is 9.13. The summed E-state index contributed by atoms with van der Waals surface area (Å²) < 4.78 is 0. The van der Waals surface area contributed by atoms with Crippen molar-refractivity contribution in [2.75, 3.05) is 14.7 Å². The highest BCUT2D eigenvalue weighted by atomic mass is 15.3. The molecule has 10 heteroatoms. The Morgan fingerprint density at radius 2 is 0.529 bits per heavy atom. The van der Waals surface area contributed by atoms with Crippen LogP contribution in [0.3, 0.4) is 0 Å². The lowest BCUT2D eigenvalue weighted by molar-refractivity contribution is 1.03. The Hall–Kier alpha value is -6.55. The van der Waals surface area contributed by atoms with Gasteiger partial charge in [-0.3, -0.25) is 14.7 Å². The number of pyridine rings is 7. The minimum absolute atomic E-state index is 0.573. The number of aryl methyl sites for hydroxylation is 6. The molecule has 51 heavy (non-hydrogen) atoms. The molecule has 0 atom stereocenters. The standard InChI is InChI=1S/C41H38N10/c1-27-7-13-34(42-21-27)49(35-14-8-28(2)22-43-35)33-19-40(50(36-15-9-29(3)23-44-36)37-16-10-30(4)24-45-37)48-41(20-33)51(38-17-11-31(5)25-46-38)39-18-12-32(6)26-47-39/h7-26H,1-6H3. The van der Waals surface area contributed by atoms with Crippen molar-refractivity contribution < 1.29 is 0 Å². The summed E-state index contributed by atoms with van der Waals surface area (Å²) in [6.07, 6.45) is 11.1. The van der Waals surface area contributed by atoms with Crippen LogP contribution in [0.1, 0.15) is 33.4 Å². The van der Waals surface area contributed by atoms with E-state index in [0.717, 1.165) is 39.1 Å². The number of anilines is 9. The van der Waals surface area contributed by atoms with Crippen molar-refractivity contribution >= 4 is 52.2 Å². The summed E-state index contributed by atoms with van der Waals surface area (Å²) >= 11 is 0. The topological polar surface area (TPSA) is 100.0 Å². The smallest absolute Gasteiger partial charge is 0.144 e. The van der Waals surface area contributed by atoms with Crippen molar-refractivity contribution in [3.63, 3.8) is 0 Å². The summed E-state index contributed by atoms with van der Waals surface area (Å²) in [7, 11) is 0. The Labute approximate surface area is 298 Å². The first-order valence-electron chi connectivity index (χ1n) is 16.7. The van der Waals surface area contributed by atoms with Crippen LogP contribution >= 0.6 is 0 Å². The van der Waals surface area contributed by atoms with Gasteiger partial charge in [0.05, 0.1) is 5.69 Å². The fourth-order valence-corrected chi connectivity index (χ4v) is 5.49. The van der Waals surface area contributed by atoms with E-state index in [4.69, 9.17) is 34.9 Å².